The molecule has 3 nitrogen and oxygen atoms in total. The van der Waals surface area contributed by atoms with E-state index in [1.807, 2.05) is 0 Å². The average Bonchev–Trinajstić information content (AvgIpc) is 2.86. The highest BCUT2D eigenvalue weighted by molar-refractivity contribution is 8.39. The molecule has 0 unspecified atom stereocenters. The molecule has 0 radical (unpaired) electrons. The lowest BCUT2D eigenvalue weighted by atomic mass is 9.78. The highest BCUT2D eigenvalue weighted by Gasteiger charge is 2.28. The summed E-state index contributed by atoms with van der Waals surface area (Å²) in [5.41, 5.74) is 0. The van der Waals surface area contributed by atoms with Crippen LogP contribution >= 0.6 is 23.5 Å². The predicted octanol–water partition coefficient (Wildman–Crippen LogP) is 2.76. The molecule has 1 heterocycles. The van der Waals surface area contributed by atoms with Crippen LogP contribution in [0.1, 0.15) is 33.1 Å². The number of carbonyl (C=O) groups is 1. The molecule has 0 spiro atoms. The van der Waals surface area contributed by atoms with Crippen molar-refractivity contribution < 1.29 is 4.79 Å². The van der Waals surface area contributed by atoms with Crippen LogP contribution in [0.25, 0.3) is 0 Å². The molecule has 1 aliphatic heterocycles. The van der Waals surface area contributed by atoms with Crippen molar-refractivity contribution in [3.63, 3.8) is 0 Å². The fraction of sp³-hybridized carbons (Fsp3) is 0.846. The number of hydrogen-bond acceptors (Lipinski definition) is 4. The molecule has 2 rings (SSSR count). The Balaban J connectivity index is 1.72. The lowest BCUT2D eigenvalue weighted by Crippen LogP contribution is -2.44. The summed E-state index contributed by atoms with van der Waals surface area (Å²) in [5.74, 6) is 3.09. The van der Waals surface area contributed by atoms with Crippen molar-refractivity contribution in [2.75, 3.05) is 18.1 Å². The first-order chi connectivity index (χ1) is 8.66. The van der Waals surface area contributed by atoms with Gasteiger partial charge in [-0.05, 0) is 18.3 Å². The third-order valence-corrected chi connectivity index (χ3v) is 6.19. The van der Waals surface area contributed by atoms with Crippen LogP contribution in [-0.4, -0.2) is 34.4 Å². The van der Waals surface area contributed by atoms with Gasteiger partial charge in [-0.3, -0.25) is 9.79 Å². The first kappa shape index (κ1) is 14.3. The van der Waals surface area contributed by atoms with Crippen molar-refractivity contribution >= 4 is 33.8 Å². The quantitative estimate of drug-likeness (QED) is 0.867. The highest BCUT2D eigenvalue weighted by atomic mass is 32.2. The van der Waals surface area contributed by atoms with E-state index in [-0.39, 0.29) is 5.91 Å². The fourth-order valence-electron chi connectivity index (χ4n) is 2.56. The molecule has 1 amide bonds. The van der Waals surface area contributed by atoms with Crippen LogP contribution in [0.2, 0.25) is 0 Å². The van der Waals surface area contributed by atoms with Crippen LogP contribution in [0.4, 0.5) is 0 Å². The zero-order valence-corrected chi connectivity index (χ0v) is 12.8. The Morgan fingerprint density at radius 1 is 1.50 bits per heavy atom. The number of amides is 1. The molecule has 0 saturated heterocycles. The summed E-state index contributed by atoms with van der Waals surface area (Å²) in [6.45, 7) is 5.46. The lowest BCUT2D eigenvalue weighted by molar-refractivity contribution is -0.119. The standard InChI is InChI=1S/C13H22N2OS2/c1-9-4-3-5-11(10(9)2)15-12(16)8-18-13-14-6-7-17-13/h9-11H,3-8H2,1-2H3,(H,15,16)/t9-,10+,11+/m0/s1. The van der Waals surface area contributed by atoms with Gasteiger partial charge in [0.25, 0.3) is 0 Å². The Morgan fingerprint density at radius 3 is 3.06 bits per heavy atom. The molecule has 0 aromatic rings. The van der Waals surface area contributed by atoms with Gasteiger partial charge in [0.1, 0.15) is 4.38 Å². The van der Waals surface area contributed by atoms with E-state index in [2.05, 4.69) is 24.2 Å². The van der Waals surface area contributed by atoms with Gasteiger partial charge in [-0.2, -0.15) is 0 Å². The third kappa shape index (κ3) is 3.92. The molecular weight excluding hydrogens is 264 g/mol. The molecule has 0 aromatic heterocycles. The maximum absolute atomic E-state index is 11.9. The van der Waals surface area contributed by atoms with E-state index < -0.39 is 0 Å². The minimum Gasteiger partial charge on any atom is -0.352 e. The van der Waals surface area contributed by atoms with Crippen LogP contribution < -0.4 is 5.32 Å². The number of hydrogen-bond donors (Lipinski definition) is 1. The molecule has 0 bridgehead atoms. The lowest BCUT2D eigenvalue weighted by Gasteiger charge is -2.34. The second kappa shape index (κ2) is 6.85. The Kier molecular flexibility index (Phi) is 5.42. The summed E-state index contributed by atoms with van der Waals surface area (Å²) in [6, 6.07) is 0.375. The summed E-state index contributed by atoms with van der Waals surface area (Å²) in [5, 5.41) is 3.20. The van der Waals surface area contributed by atoms with Gasteiger partial charge in [0.15, 0.2) is 0 Å². The largest absolute Gasteiger partial charge is 0.352 e. The van der Waals surface area contributed by atoms with E-state index in [9.17, 15) is 4.79 Å². The van der Waals surface area contributed by atoms with Crippen LogP contribution in [0.3, 0.4) is 0 Å². The summed E-state index contributed by atoms with van der Waals surface area (Å²) < 4.78 is 1.08. The van der Waals surface area contributed by atoms with Crippen molar-refractivity contribution in [3.05, 3.63) is 0 Å². The maximum atomic E-state index is 11.9. The van der Waals surface area contributed by atoms with E-state index >= 15 is 0 Å². The van der Waals surface area contributed by atoms with Crippen LogP contribution in [-0.2, 0) is 4.79 Å². The van der Waals surface area contributed by atoms with Crippen LogP contribution in [0.15, 0.2) is 4.99 Å². The molecule has 0 aromatic carbocycles. The number of thioether (sulfide) groups is 2. The van der Waals surface area contributed by atoms with Crippen molar-refractivity contribution in [2.45, 2.75) is 39.2 Å². The molecule has 102 valence electrons. The van der Waals surface area contributed by atoms with Crippen LogP contribution in [0.5, 0.6) is 0 Å². The smallest absolute Gasteiger partial charge is 0.230 e. The second-order valence-electron chi connectivity index (χ2n) is 5.23. The minimum atomic E-state index is 0.168. The number of carbonyl (C=O) groups excluding carboxylic acids is 1. The second-order valence-corrected chi connectivity index (χ2v) is 7.53. The SMILES string of the molecule is C[C@@H]1[C@@H](C)CCC[C@H]1NC(=O)CSC1=NCCS1. The summed E-state index contributed by atoms with van der Waals surface area (Å²) in [4.78, 5) is 16.3. The molecule has 1 saturated carbocycles. The molecule has 3 atom stereocenters. The Labute approximate surface area is 118 Å². The molecular formula is C13H22N2OS2. The Hall–Kier alpha value is -0.160. The minimum absolute atomic E-state index is 0.168. The van der Waals surface area contributed by atoms with Gasteiger partial charge >= 0.3 is 0 Å². The van der Waals surface area contributed by atoms with E-state index in [4.69, 9.17) is 0 Å². The first-order valence-corrected chi connectivity index (χ1v) is 8.73. The zero-order valence-electron chi connectivity index (χ0n) is 11.1. The Bertz CT molecular complexity index is 333. The topological polar surface area (TPSA) is 41.5 Å². The zero-order chi connectivity index (χ0) is 13.0. The third-order valence-electron chi connectivity index (χ3n) is 3.94. The highest BCUT2D eigenvalue weighted by Crippen LogP contribution is 2.29. The van der Waals surface area contributed by atoms with Crippen molar-refractivity contribution in [3.8, 4) is 0 Å². The number of rotatable bonds is 3. The van der Waals surface area contributed by atoms with Gasteiger partial charge in [0.05, 0.1) is 12.3 Å². The monoisotopic (exact) mass is 286 g/mol. The van der Waals surface area contributed by atoms with Gasteiger partial charge in [0, 0.05) is 11.8 Å². The van der Waals surface area contributed by atoms with Gasteiger partial charge < -0.3 is 5.32 Å². The van der Waals surface area contributed by atoms with E-state index in [0.717, 1.165) is 29.0 Å². The Morgan fingerprint density at radius 2 is 2.33 bits per heavy atom. The van der Waals surface area contributed by atoms with Gasteiger partial charge in [-0.25, -0.2) is 0 Å². The fourth-order valence-corrected chi connectivity index (χ4v) is 4.38. The van der Waals surface area contributed by atoms with E-state index in [1.165, 1.54) is 12.8 Å². The van der Waals surface area contributed by atoms with E-state index in [0.29, 0.717) is 17.7 Å². The van der Waals surface area contributed by atoms with Gasteiger partial charge in [0.2, 0.25) is 5.91 Å². The van der Waals surface area contributed by atoms with Crippen LogP contribution in [0, 0.1) is 11.8 Å². The molecule has 1 aliphatic carbocycles. The first-order valence-electron chi connectivity index (χ1n) is 6.76. The maximum Gasteiger partial charge on any atom is 0.230 e. The average molecular weight is 286 g/mol. The number of aliphatic imine (C=N–C) groups is 1. The van der Waals surface area contributed by atoms with Crippen molar-refractivity contribution in [1.82, 2.24) is 5.32 Å². The molecule has 1 fully saturated rings. The normalized spacial score (nSPS) is 32.1. The van der Waals surface area contributed by atoms with Gasteiger partial charge in [-0.1, -0.05) is 50.2 Å². The molecule has 2 aliphatic rings. The molecule has 18 heavy (non-hydrogen) atoms. The number of nitrogens with zero attached hydrogens (tertiary/aromatic N) is 1. The van der Waals surface area contributed by atoms with Crippen molar-refractivity contribution in [2.24, 2.45) is 16.8 Å². The number of nitrogens with one attached hydrogen (secondary N) is 1. The summed E-state index contributed by atoms with van der Waals surface area (Å²) in [6.07, 6.45) is 3.68. The van der Waals surface area contributed by atoms with Gasteiger partial charge in [-0.15, -0.1) is 0 Å². The molecule has 5 heteroatoms. The van der Waals surface area contributed by atoms with Crippen molar-refractivity contribution in [1.29, 1.82) is 0 Å². The van der Waals surface area contributed by atoms with E-state index in [1.54, 1.807) is 23.5 Å². The predicted molar refractivity (Wildman–Crippen MR) is 81.3 cm³/mol. The molecule has 1 N–H and O–H groups in total. The summed E-state index contributed by atoms with van der Waals surface area (Å²) >= 11 is 3.35. The summed E-state index contributed by atoms with van der Waals surface area (Å²) in [7, 11) is 0.